The summed E-state index contributed by atoms with van der Waals surface area (Å²) in [5.74, 6) is -0.981. The van der Waals surface area contributed by atoms with E-state index in [4.69, 9.17) is 5.73 Å². The molecule has 3 rings (SSSR count). The maximum Gasteiger partial charge on any atom is 0.416 e. The third kappa shape index (κ3) is 7.05. The number of carbonyl (C=O) groups is 2. The van der Waals surface area contributed by atoms with Crippen LogP contribution in [0.2, 0.25) is 0 Å². The summed E-state index contributed by atoms with van der Waals surface area (Å²) >= 11 is 0. The number of alkyl halides is 6. The SMILES string of the molecule is NC(=O)CCCCN(O)Cc1ccc2c(c1)C=C/C(=C\c1cc(C(F)(F)F)cc(C(F)(F)F)c1)C2=O. The van der Waals surface area contributed by atoms with Crippen molar-refractivity contribution in [3.8, 4) is 0 Å². The fourth-order valence-corrected chi connectivity index (χ4v) is 3.70. The number of benzene rings is 2. The van der Waals surface area contributed by atoms with E-state index in [1.54, 1.807) is 12.1 Å². The zero-order valence-electron chi connectivity index (χ0n) is 18.8. The second-order valence-corrected chi connectivity index (χ2v) is 8.33. The number of allylic oxidation sites excluding steroid dienone is 2. The molecule has 0 fully saturated rings. The average molecular weight is 512 g/mol. The van der Waals surface area contributed by atoms with Crippen molar-refractivity contribution in [1.82, 2.24) is 5.06 Å². The monoisotopic (exact) mass is 512 g/mol. The van der Waals surface area contributed by atoms with Crippen molar-refractivity contribution in [2.75, 3.05) is 6.54 Å². The molecule has 1 amide bonds. The Labute approximate surface area is 202 Å². The highest BCUT2D eigenvalue weighted by Crippen LogP contribution is 2.37. The van der Waals surface area contributed by atoms with Crippen LogP contribution in [0.25, 0.3) is 12.2 Å². The number of fused-ring (bicyclic) bond motifs is 1. The molecule has 0 saturated heterocycles. The Balaban J connectivity index is 1.80. The molecule has 0 radical (unpaired) electrons. The van der Waals surface area contributed by atoms with E-state index >= 15 is 0 Å². The Bertz CT molecular complexity index is 1180. The zero-order valence-corrected chi connectivity index (χ0v) is 18.8. The number of nitrogens with two attached hydrogens (primary N) is 1. The lowest BCUT2D eigenvalue weighted by atomic mass is 9.90. The minimum Gasteiger partial charge on any atom is -0.370 e. The lowest BCUT2D eigenvalue weighted by Gasteiger charge is -2.17. The predicted octanol–water partition coefficient (Wildman–Crippen LogP) is 5.86. The Morgan fingerprint density at radius 3 is 2.17 bits per heavy atom. The van der Waals surface area contributed by atoms with Crippen molar-refractivity contribution in [2.24, 2.45) is 5.73 Å². The molecule has 3 N–H and O–H groups in total. The van der Waals surface area contributed by atoms with E-state index < -0.39 is 40.7 Å². The van der Waals surface area contributed by atoms with Gasteiger partial charge in [0.2, 0.25) is 5.91 Å². The van der Waals surface area contributed by atoms with Gasteiger partial charge in [0.1, 0.15) is 0 Å². The van der Waals surface area contributed by atoms with Gasteiger partial charge >= 0.3 is 12.4 Å². The Hall–Kier alpha value is -3.44. The molecule has 0 heterocycles. The molecule has 0 spiro atoms. The fourth-order valence-electron chi connectivity index (χ4n) is 3.70. The molecule has 1 aliphatic rings. The predicted molar refractivity (Wildman–Crippen MR) is 119 cm³/mol. The van der Waals surface area contributed by atoms with E-state index in [0.717, 1.165) is 11.1 Å². The Morgan fingerprint density at radius 1 is 0.944 bits per heavy atom. The van der Waals surface area contributed by atoms with Crippen molar-refractivity contribution in [3.63, 3.8) is 0 Å². The van der Waals surface area contributed by atoms with Gasteiger partial charge in [-0.25, -0.2) is 0 Å². The molecule has 2 aromatic rings. The number of carbonyl (C=O) groups excluding carboxylic acids is 2. The number of hydrogen-bond acceptors (Lipinski definition) is 4. The summed E-state index contributed by atoms with van der Waals surface area (Å²) in [7, 11) is 0. The standard InChI is InChI=1S/C25H22F6N2O3/c26-24(27,28)19-11-16(12-20(13-19)25(29,30)31)10-18-6-5-17-9-15(4-7-21(17)23(18)35)14-33(36)8-2-1-3-22(32)34/h4-7,9-13,36H,1-3,8,14H2,(H2,32,34)/b18-10+. The van der Waals surface area contributed by atoms with E-state index in [2.05, 4.69) is 0 Å². The number of nitrogens with zero attached hydrogens (tertiary/aromatic N) is 1. The highest BCUT2D eigenvalue weighted by molar-refractivity contribution is 6.17. The molecule has 2 aromatic carbocycles. The van der Waals surface area contributed by atoms with Crippen molar-refractivity contribution in [2.45, 2.75) is 38.2 Å². The first kappa shape index (κ1) is 27.2. The van der Waals surface area contributed by atoms with Gasteiger partial charge in [0.25, 0.3) is 0 Å². The quantitative estimate of drug-likeness (QED) is 0.201. The van der Waals surface area contributed by atoms with E-state index in [-0.39, 0.29) is 30.2 Å². The van der Waals surface area contributed by atoms with Crippen LogP contribution in [0.4, 0.5) is 26.3 Å². The highest BCUT2D eigenvalue weighted by atomic mass is 19.4. The van der Waals surface area contributed by atoms with Crippen LogP contribution >= 0.6 is 0 Å². The molecule has 0 saturated carbocycles. The molecule has 0 bridgehead atoms. The number of ketones is 1. The first-order valence-electron chi connectivity index (χ1n) is 10.8. The fraction of sp³-hybridized carbons (Fsp3) is 0.280. The largest absolute Gasteiger partial charge is 0.416 e. The van der Waals surface area contributed by atoms with E-state index in [9.17, 15) is 41.1 Å². The molecule has 0 aliphatic heterocycles. The summed E-state index contributed by atoms with van der Waals surface area (Å²) in [5, 5.41) is 11.1. The number of halogens is 6. The molecule has 1 aliphatic carbocycles. The molecular formula is C25H22F6N2O3. The number of primary amides is 1. The maximum atomic E-state index is 13.1. The van der Waals surface area contributed by atoms with Gasteiger partial charge in [-0.1, -0.05) is 24.3 Å². The van der Waals surface area contributed by atoms with Crippen molar-refractivity contribution in [3.05, 3.63) is 81.4 Å². The molecule has 11 heteroatoms. The summed E-state index contributed by atoms with van der Waals surface area (Å²) in [6.07, 6.45) is -4.86. The summed E-state index contributed by atoms with van der Waals surface area (Å²) in [6, 6.07) is 5.87. The van der Waals surface area contributed by atoms with Crippen molar-refractivity contribution < 1.29 is 41.1 Å². The molecule has 5 nitrogen and oxygen atoms in total. The molecule has 0 atom stereocenters. The van der Waals surface area contributed by atoms with Gasteiger partial charge in [-0.3, -0.25) is 9.59 Å². The summed E-state index contributed by atoms with van der Waals surface area (Å²) < 4.78 is 78.8. The van der Waals surface area contributed by atoms with Crippen LogP contribution in [0.3, 0.4) is 0 Å². The van der Waals surface area contributed by atoms with Gasteiger partial charge < -0.3 is 10.9 Å². The van der Waals surface area contributed by atoms with Crippen LogP contribution in [-0.4, -0.2) is 28.5 Å². The lowest BCUT2D eigenvalue weighted by molar-refractivity contribution is -0.143. The van der Waals surface area contributed by atoms with Crippen LogP contribution in [0, 0.1) is 0 Å². The van der Waals surface area contributed by atoms with E-state index in [1.165, 1.54) is 18.2 Å². The summed E-state index contributed by atoms with van der Waals surface area (Å²) in [4.78, 5) is 23.6. The minimum absolute atomic E-state index is 0.0273. The van der Waals surface area contributed by atoms with Crippen molar-refractivity contribution >= 4 is 23.8 Å². The van der Waals surface area contributed by atoms with E-state index in [1.807, 2.05) is 0 Å². The lowest BCUT2D eigenvalue weighted by Crippen LogP contribution is -2.21. The van der Waals surface area contributed by atoms with Gasteiger partial charge in [0, 0.05) is 30.6 Å². The van der Waals surface area contributed by atoms with Crippen molar-refractivity contribution in [1.29, 1.82) is 0 Å². The van der Waals surface area contributed by atoms with Gasteiger partial charge in [-0.15, -0.1) is 0 Å². The first-order valence-corrected chi connectivity index (χ1v) is 10.8. The molecule has 36 heavy (non-hydrogen) atoms. The first-order chi connectivity index (χ1) is 16.7. The molecule has 0 aromatic heterocycles. The second kappa shape index (κ2) is 10.7. The second-order valence-electron chi connectivity index (χ2n) is 8.33. The van der Waals surface area contributed by atoms with Crippen LogP contribution in [-0.2, 0) is 23.7 Å². The Morgan fingerprint density at radius 2 is 1.58 bits per heavy atom. The van der Waals surface area contributed by atoms with Gasteiger partial charge in [0.05, 0.1) is 11.1 Å². The van der Waals surface area contributed by atoms with Crippen LogP contribution in [0.1, 0.15) is 57.4 Å². The minimum atomic E-state index is -4.99. The molecule has 0 unspecified atom stereocenters. The van der Waals surface area contributed by atoms with Crippen LogP contribution in [0.15, 0.2) is 48.0 Å². The number of amides is 1. The summed E-state index contributed by atoms with van der Waals surface area (Å²) in [5.41, 5.74) is 3.05. The highest BCUT2D eigenvalue weighted by Gasteiger charge is 2.36. The number of Topliss-reactive ketones (excluding diaryl/α,β-unsaturated/α-hetero) is 1. The molecular weight excluding hydrogens is 490 g/mol. The normalized spacial score (nSPS) is 15.0. The zero-order chi connectivity index (χ0) is 26.7. The maximum absolute atomic E-state index is 13.1. The summed E-state index contributed by atoms with van der Waals surface area (Å²) in [6.45, 7) is 0.432. The molecule has 192 valence electrons. The van der Waals surface area contributed by atoms with Gasteiger partial charge in [0.15, 0.2) is 5.78 Å². The number of hydroxylamine groups is 2. The number of rotatable bonds is 8. The van der Waals surface area contributed by atoms with Gasteiger partial charge in [-0.2, -0.15) is 31.4 Å². The van der Waals surface area contributed by atoms with Gasteiger partial charge in [-0.05, 0) is 59.9 Å². The van der Waals surface area contributed by atoms with Crippen LogP contribution in [0.5, 0.6) is 0 Å². The Kier molecular flexibility index (Phi) is 8.05. The van der Waals surface area contributed by atoms with Crippen LogP contribution < -0.4 is 5.73 Å². The number of hydrogen-bond donors (Lipinski definition) is 2. The third-order valence-electron chi connectivity index (χ3n) is 5.45. The number of unbranched alkanes of at least 4 members (excludes halogenated alkanes) is 1. The topological polar surface area (TPSA) is 83.6 Å². The smallest absolute Gasteiger partial charge is 0.370 e. The van der Waals surface area contributed by atoms with E-state index in [0.29, 0.717) is 42.6 Å². The third-order valence-corrected chi connectivity index (χ3v) is 5.45. The average Bonchev–Trinajstić information content (AvgIpc) is 2.77.